The van der Waals surface area contributed by atoms with Gasteiger partial charge in [-0.25, -0.2) is 0 Å². The third-order valence-corrected chi connectivity index (χ3v) is 5.09. The van der Waals surface area contributed by atoms with Crippen molar-refractivity contribution in [3.05, 3.63) is 12.2 Å². The Morgan fingerprint density at radius 2 is 2.00 bits per heavy atom. The van der Waals surface area contributed by atoms with Crippen LogP contribution < -0.4 is 0 Å². The minimum absolute atomic E-state index is 0.0567. The number of esters is 1. The second-order valence-electron chi connectivity index (χ2n) is 6.50. The summed E-state index contributed by atoms with van der Waals surface area (Å²) < 4.78 is 4.50. The Balaban J connectivity index is 1.99. The van der Waals surface area contributed by atoms with Crippen LogP contribution in [0.25, 0.3) is 0 Å². The van der Waals surface area contributed by atoms with Crippen molar-refractivity contribution >= 4 is 11.8 Å². The Kier molecular flexibility index (Phi) is 5.57. The summed E-state index contributed by atoms with van der Waals surface area (Å²) in [4.78, 5) is 23.0. The highest BCUT2D eigenvalue weighted by atomic mass is 16.5. The fourth-order valence-electron chi connectivity index (χ4n) is 4.05. The normalized spacial score (nSPS) is 33.1. The molecule has 2 rings (SSSR count). The number of Topliss-reactive ketones (excluding diaryl/α,β-unsaturated/α-hetero) is 1. The van der Waals surface area contributed by atoms with Gasteiger partial charge in [0.1, 0.15) is 12.2 Å². The van der Waals surface area contributed by atoms with Crippen LogP contribution in [0.4, 0.5) is 0 Å². The third-order valence-electron chi connectivity index (χ3n) is 5.09. The van der Waals surface area contributed by atoms with Crippen molar-refractivity contribution in [2.75, 3.05) is 7.11 Å². The molecule has 0 saturated heterocycles. The van der Waals surface area contributed by atoms with Gasteiger partial charge in [-0.1, -0.05) is 31.9 Å². The van der Waals surface area contributed by atoms with Gasteiger partial charge >= 0.3 is 5.97 Å². The molecule has 5 atom stereocenters. The van der Waals surface area contributed by atoms with Gasteiger partial charge < -0.3 is 9.84 Å². The molecule has 0 aliphatic heterocycles. The molecule has 118 valence electrons. The second kappa shape index (κ2) is 7.21. The minimum Gasteiger partial charge on any atom is -0.469 e. The largest absolute Gasteiger partial charge is 0.469 e. The number of carbonyl (C=O) groups is 2. The van der Waals surface area contributed by atoms with E-state index in [2.05, 4.69) is 23.8 Å². The van der Waals surface area contributed by atoms with E-state index in [4.69, 9.17) is 0 Å². The number of hydrogen-bond donors (Lipinski definition) is 1. The smallest absolute Gasteiger partial charge is 0.313 e. The summed E-state index contributed by atoms with van der Waals surface area (Å²) >= 11 is 0. The summed E-state index contributed by atoms with van der Waals surface area (Å²) in [5.41, 5.74) is 0. The number of rotatable bonds is 5. The minimum atomic E-state index is -0.660. The molecule has 1 saturated carbocycles. The number of ether oxygens (including phenoxy) is 1. The van der Waals surface area contributed by atoms with Gasteiger partial charge in [0.25, 0.3) is 0 Å². The molecule has 0 heterocycles. The van der Waals surface area contributed by atoms with Crippen molar-refractivity contribution in [1.82, 2.24) is 0 Å². The van der Waals surface area contributed by atoms with E-state index >= 15 is 0 Å². The van der Waals surface area contributed by atoms with Crippen molar-refractivity contribution < 1.29 is 19.4 Å². The van der Waals surface area contributed by atoms with E-state index < -0.39 is 12.1 Å². The zero-order valence-corrected chi connectivity index (χ0v) is 13.0. The molecule has 0 aromatic carbocycles. The quantitative estimate of drug-likeness (QED) is 0.481. The first-order valence-electron chi connectivity index (χ1n) is 7.97. The number of fused-ring (bicyclic) bond motifs is 1. The average Bonchev–Trinajstić information content (AvgIpc) is 2.46. The molecule has 0 bridgehead atoms. The predicted molar refractivity (Wildman–Crippen MR) is 79.5 cm³/mol. The third kappa shape index (κ3) is 3.94. The maximum absolute atomic E-state index is 11.9. The van der Waals surface area contributed by atoms with Crippen molar-refractivity contribution in [3.63, 3.8) is 0 Å². The lowest BCUT2D eigenvalue weighted by Crippen LogP contribution is -2.40. The molecule has 2 aliphatic rings. The molecule has 2 aliphatic carbocycles. The van der Waals surface area contributed by atoms with Crippen molar-refractivity contribution in [1.29, 1.82) is 0 Å². The number of aliphatic hydroxyl groups excluding tert-OH is 1. The lowest BCUT2D eigenvalue weighted by atomic mass is 9.63. The summed E-state index contributed by atoms with van der Waals surface area (Å²) in [6, 6.07) is 0. The van der Waals surface area contributed by atoms with E-state index in [1.165, 1.54) is 26.4 Å². The van der Waals surface area contributed by atoms with E-state index in [0.717, 1.165) is 6.42 Å². The summed E-state index contributed by atoms with van der Waals surface area (Å²) in [6.07, 6.45) is 8.43. The molecule has 0 amide bonds. The Hall–Kier alpha value is -1.16. The zero-order valence-electron chi connectivity index (χ0n) is 13.0. The van der Waals surface area contributed by atoms with Gasteiger partial charge in [-0.15, -0.1) is 0 Å². The number of aliphatic hydroxyl groups is 1. The van der Waals surface area contributed by atoms with E-state index in [-0.39, 0.29) is 30.5 Å². The lowest BCUT2D eigenvalue weighted by Gasteiger charge is -2.43. The van der Waals surface area contributed by atoms with Crippen LogP contribution in [0.2, 0.25) is 0 Å². The highest BCUT2D eigenvalue weighted by molar-refractivity contribution is 5.95. The van der Waals surface area contributed by atoms with Gasteiger partial charge in [0.2, 0.25) is 0 Å². The van der Waals surface area contributed by atoms with E-state index in [1.807, 2.05) is 0 Å². The Morgan fingerprint density at radius 1 is 1.29 bits per heavy atom. The summed E-state index contributed by atoms with van der Waals surface area (Å²) in [5, 5.41) is 10.5. The lowest BCUT2D eigenvalue weighted by molar-refractivity contribution is -0.144. The molecule has 0 spiro atoms. The maximum Gasteiger partial charge on any atom is 0.313 e. The van der Waals surface area contributed by atoms with Gasteiger partial charge in [0, 0.05) is 6.42 Å². The molecule has 0 aromatic rings. The van der Waals surface area contributed by atoms with Crippen LogP contribution in [-0.2, 0) is 14.3 Å². The second-order valence-corrected chi connectivity index (χ2v) is 6.50. The van der Waals surface area contributed by atoms with Gasteiger partial charge in [-0.2, -0.15) is 0 Å². The maximum atomic E-state index is 11.9. The first kappa shape index (κ1) is 16.2. The Labute approximate surface area is 126 Å². The zero-order chi connectivity index (χ0) is 15.4. The van der Waals surface area contributed by atoms with E-state index in [0.29, 0.717) is 11.8 Å². The predicted octanol–water partition coefficient (Wildman–Crippen LogP) is 2.50. The molecular weight excluding hydrogens is 268 g/mol. The van der Waals surface area contributed by atoms with Gasteiger partial charge in [0.05, 0.1) is 13.2 Å². The molecule has 4 heteroatoms. The highest BCUT2D eigenvalue weighted by Gasteiger charge is 2.40. The van der Waals surface area contributed by atoms with Crippen molar-refractivity contribution in [3.8, 4) is 0 Å². The van der Waals surface area contributed by atoms with Gasteiger partial charge in [-0.05, 0) is 36.5 Å². The fraction of sp³-hybridized carbons (Fsp3) is 0.765. The molecule has 21 heavy (non-hydrogen) atoms. The van der Waals surface area contributed by atoms with E-state index in [9.17, 15) is 14.7 Å². The first-order valence-corrected chi connectivity index (χ1v) is 7.97. The molecule has 4 nitrogen and oxygen atoms in total. The molecule has 1 N–H and O–H groups in total. The Bertz CT molecular complexity index is 415. The monoisotopic (exact) mass is 294 g/mol. The Morgan fingerprint density at radius 3 is 2.71 bits per heavy atom. The summed E-state index contributed by atoms with van der Waals surface area (Å²) in [6.45, 7) is 2.11. The topological polar surface area (TPSA) is 63.6 Å². The molecule has 1 fully saturated rings. The summed E-state index contributed by atoms with van der Waals surface area (Å²) in [5.74, 6) is 0.667. The van der Waals surface area contributed by atoms with Gasteiger partial charge in [-0.3, -0.25) is 9.59 Å². The fourth-order valence-corrected chi connectivity index (χ4v) is 4.05. The van der Waals surface area contributed by atoms with Crippen molar-refractivity contribution in [2.24, 2.45) is 23.7 Å². The number of allylic oxidation sites excluding steroid dienone is 2. The van der Waals surface area contributed by atoms with Crippen LogP contribution in [0.1, 0.15) is 45.4 Å². The van der Waals surface area contributed by atoms with Crippen LogP contribution in [-0.4, -0.2) is 30.1 Å². The van der Waals surface area contributed by atoms with Crippen molar-refractivity contribution in [2.45, 2.75) is 51.6 Å². The number of ketones is 1. The number of hydrogen-bond acceptors (Lipinski definition) is 4. The summed E-state index contributed by atoms with van der Waals surface area (Å²) in [7, 11) is 1.27. The molecule has 0 radical (unpaired) electrons. The molecule has 2 unspecified atom stereocenters. The van der Waals surface area contributed by atoms with Crippen LogP contribution in [0, 0.1) is 23.7 Å². The molecule has 0 aromatic heterocycles. The SMILES string of the molecule is COC(=O)CC(=O)CC(O)C1[C@H](C)C=C[C@@H]2CCCC[C@@H]12. The van der Waals surface area contributed by atoms with Crippen LogP contribution in [0.5, 0.6) is 0 Å². The standard InChI is InChI=1S/C17H26O4/c1-11-7-8-12-5-3-4-6-14(12)17(11)15(19)9-13(18)10-16(20)21-2/h7-8,11-12,14-15,17,19H,3-6,9-10H2,1-2H3/t11-,12+,14-,15?,17?/m1/s1. The first-order chi connectivity index (χ1) is 10.0. The van der Waals surface area contributed by atoms with Crippen LogP contribution in [0.15, 0.2) is 12.2 Å². The highest BCUT2D eigenvalue weighted by Crippen LogP contribution is 2.44. The van der Waals surface area contributed by atoms with E-state index in [1.54, 1.807) is 0 Å². The van der Waals surface area contributed by atoms with Crippen LogP contribution in [0.3, 0.4) is 0 Å². The van der Waals surface area contributed by atoms with Crippen LogP contribution >= 0.6 is 0 Å². The average molecular weight is 294 g/mol. The number of methoxy groups -OCH3 is 1. The van der Waals surface area contributed by atoms with Gasteiger partial charge in [0.15, 0.2) is 0 Å². The number of carbonyl (C=O) groups excluding carboxylic acids is 2. The molecular formula is C17H26O4.